The topological polar surface area (TPSA) is 110 Å². The molecule has 0 saturated heterocycles. The van der Waals surface area contributed by atoms with E-state index in [1.807, 2.05) is 0 Å². The Kier molecular flexibility index (Phi) is 7.29. The van der Waals surface area contributed by atoms with E-state index in [1.165, 1.54) is 12.1 Å². The lowest BCUT2D eigenvalue weighted by molar-refractivity contribution is -0.153. The van der Waals surface area contributed by atoms with Crippen molar-refractivity contribution in [1.82, 2.24) is 4.90 Å². The van der Waals surface area contributed by atoms with Gasteiger partial charge in [-0.05, 0) is 74.9 Å². The lowest BCUT2D eigenvalue weighted by atomic mass is 10.1. The van der Waals surface area contributed by atoms with Crippen LogP contribution in [-0.4, -0.2) is 55.9 Å². The first kappa shape index (κ1) is 28.6. The van der Waals surface area contributed by atoms with Crippen molar-refractivity contribution in [2.45, 2.75) is 43.8 Å². The Labute approximate surface area is 241 Å². The number of hydrogen-bond acceptors (Lipinski definition) is 7. The Bertz CT molecular complexity index is 1630. The standard InChI is InChI=1S/C29H26ClFN2O7S/c1-29(2,3)40-25(34)14-17-12-23(30)26-24(13-17)33(41(37,38)20-10-8-18(31)9-11-20)16-19(39-26)15-32-27(35)21-6-4-5-7-22(21)28(32)36/h4-13,19H,14-16H2,1-3H3/t19-/m0/s1. The van der Waals surface area contributed by atoms with E-state index in [0.717, 1.165) is 33.5 Å². The van der Waals surface area contributed by atoms with Gasteiger partial charge in [0, 0.05) is 0 Å². The van der Waals surface area contributed by atoms with Crippen molar-refractivity contribution in [3.63, 3.8) is 0 Å². The number of fused-ring (bicyclic) bond motifs is 2. The van der Waals surface area contributed by atoms with Crippen LogP contribution >= 0.6 is 11.6 Å². The molecular formula is C29H26ClFN2O7S. The fraction of sp³-hybridized carbons (Fsp3) is 0.276. The maximum Gasteiger partial charge on any atom is 0.310 e. The van der Waals surface area contributed by atoms with Gasteiger partial charge >= 0.3 is 5.97 Å². The molecule has 3 aromatic carbocycles. The predicted molar refractivity (Wildman–Crippen MR) is 148 cm³/mol. The summed E-state index contributed by atoms with van der Waals surface area (Å²) >= 11 is 6.56. The van der Waals surface area contributed by atoms with Gasteiger partial charge in [0.05, 0.1) is 46.2 Å². The maximum absolute atomic E-state index is 13.8. The van der Waals surface area contributed by atoms with Crippen LogP contribution in [-0.2, 0) is 26.0 Å². The minimum absolute atomic E-state index is 0.00171. The molecule has 41 heavy (non-hydrogen) atoms. The molecule has 214 valence electrons. The number of esters is 1. The molecule has 12 heteroatoms. The number of hydrogen-bond donors (Lipinski definition) is 0. The van der Waals surface area contributed by atoms with Crippen LogP contribution in [0.1, 0.15) is 47.1 Å². The molecule has 5 rings (SSSR count). The second kappa shape index (κ2) is 10.5. The minimum Gasteiger partial charge on any atom is -0.483 e. The highest BCUT2D eigenvalue weighted by molar-refractivity contribution is 7.92. The average Bonchev–Trinajstić information content (AvgIpc) is 3.12. The fourth-order valence-corrected chi connectivity index (χ4v) is 6.51. The van der Waals surface area contributed by atoms with E-state index < -0.39 is 45.3 Å². The van der Waals surface area contributed by atoms with Gasteiger partial charge < -0.3 is 9.47 Å². The van der Waals surface area contributed by atoms with Crippen LogP contribution in [0.5, 0.6) is 5.75 Å². The molecule has 2 amide bonds. The summed E-state index contributed by atoms with van der Waals surface area (Å²) in [6.07, 6.45) is -1.18. The summed E-state index contributed by atoms with van der Waals surface area (Å²) in [6.45, 7) is 4.63. The highest BCUT2D eigenvalue weighted by atomic mass is 35.5. The first-order valence-corrected chi connectivity index (χ1v) is 14.5. The Morgan fingerprint density at radius 1 is 1.05 bits per heavy atom. The number of imide groups is 1. The lowest BCUT2D eigenvalue weighted by Crippen LogP contribution is -2.49. The Morgan fingerprint density at radius 2 is 1.66 bits per heavy atom. The molecule has 1 atom stereocenters. The number of carbonyl (C=O) groups is 3. The zero-order valence-electron chi connectivity index (χ0n) is 22.4. The summed E-state index contributed by atoms with van der Waals surface area (Å²) in [4.78, 5) is 39.3. The number of carbonyl (C=O) groups excluding carboxylic acids is 3. The smallest absolute Gasteiger partial charge is 0.310 e. The van der Waals surface area contributed by atoms with Crippen molar-refractivity contribution in [3.8, 4) is 5.75 Å². The number of sulfonamides is 1. The Morgan fingerprint density at radius 3 is 2.24 bits per heavy atom. The lowest BCUT2D eigenvalue weighted by Gasteiger charge is -2.37. The van der Waals surface area contributed by atoms with Gasteiger partial charge in [-0.3, -0.25) is 23.6 Å². The molecule has 2 aliphatic heterocycles. The van der Waals surface area contributed by atoms with Crippen LogP contribution in [0.25, 0.3) is 0 Å². The van der Waals surface area contributed by atoms with Crippen LogP contribution in [0.2, 0.25) is 5.02 Å². The van der Waals surface area contributed by atoms with E-state index in [9.17, 15) is 27.2 Å². The van der Waals surface area contributed by atoms with Crippen LogP contribution in [0.3, 0.4) is 0 Å². The number of anilines is 1. The van der Waals surface area contributed by atoms with E-state index in [2.05, 4.69) is 0 Å². The molecule has 0 radical (unpaired) electrons. The molecule has 0 spiro atoms. The van der Waals surface area contributed by atoms with Gasteiger partial charge in [-0.2, -0.15) is 0 Å². The molecule has 0 fully saturated rings. The van der Waals surface area contributed by atoms with Gasteiger partial charge in [0.2, 0.25) is 0 Å². The summed E-state index contributed by atoms with van der Waals surface area (Å²) in [6, 6.07) is 13.6. The number of ether oxygens (including phenoxy) is 2. The van der Waals surface area contributed by atoms with Gasteiger partial charge in [-0.1, -0.05) is 23.7 Å². The summed E-state index contributed by atoms with van der Waals surface area (Å²) in [7, 11) is -4.31. The first-order chi connectivity index (χ1) is 19.2. The molecule has 0 saturated carbocycles. The number of halogens is 2. The number of amides is 2. The van der Waals surface area contributed by atoms with Crippen LogP contribution in [0.4, 0.5) is 10.1 Å². The van der Waals surface area contributed by atoms with Crippen molar-refractivity contribution in [1.29, 1.82) is 0 Å². The van der Waals surface area contributed by atoms with E-state index >= 15 is 0 Å². The van der Waals surface area contributed by atoms with E-state index in [0.29, 0.717) is 5.56 Å². The number of nitrogens with zero attached hydrogens (tertiary/aromatic N) is 2. The molecule has 9 nitrogen and oxygen atoms in total. The highest BCUT2D eigenvalue weighted by Gasteiger charge is 2.41. The van der Waals surface area contributed by atoms with E-state index in [4.69, 9.17) is 21.1 Å². The van der Waals surface area contributed by atoms with Crippen molar-refractivity contribution < 1.29 is 36.7 Å². The fourth-order valence-electron chi connectivity index (χ4n) is 4.73. The summed E-state index contributed by atoms with van der Waals surface area (Å²) in [5.74, 6) is -2.20. The van der Waals surface area contributed by atoms with E-state index in [1.54, 1.807) is 45.0 Å². The van der Waals surface area contributed by atoms with Gasteiger partial charge in [0.15, 0.2) is 5.75 Å². The third kappa shape index (κ3) is 5.64. The Balaban J connectivity index is 1.52. The normalized spacial score (nSPS) is 16.8. The second-order valence-corrected chi connectivity index (χ2v) is 13.0. The van der Waals surface area contributed by atoms with Crippen molar-refractivity contribution in [2.75, 3.05) is 17.4 Å². The summed E-state index contributed by atoms with van der Waals surface area (Å²) < 4.78 is 53.8. The van der Waals surface area contributed by atoms with Crippen molar-refractivity contribution >= 4 is 45.1 Å². The zero-order chi connectivity index (χ0) is 29.7. The maximum atomic E-state index is 13.8. The molecule has 0 bridgehead atoms. The SMILES string of the molecule is CC(C)(C)OC(=O)Cc1cc(Cl)c2c(c1)N(S(=O)(=O)c1ccc(F)cc1)C[C@H](CN1C(=O)c3ccccc3C1=O)O2. The van der Waals surface area contributed by atoms with Gasteiger partial charge in [-0.15, -0.1) is 0 Å². The first-order valence-electron chi connectivity index (χ1n) is 12.7. The summed E-state index contributed by atoms with van der Waals surface area (Å²) in [5, 5.41) is 0.0208. The predicted octanol–water partition coefficient (Wildman–Crippen LogP) is 4.62. The van der Waals surface area contributed by atoms with Gasteiger partial charge in [-0.25, -0.2) is 12.8 Å². The molecule has 2 aliphatic rings. The minimum atomic E-state index is -4.31. The van der Waals surface area contributed by atoms with Crippen LogP contribution in [0.15, 0.2) is 65.6 Å². The van der Waals surface area contributed by atoms with Crippen LogP contribution in [0, 0.1) is 5.82 Å². The third-order valence-electron chi connectivity index (χ3n) is 6.44. The number of benzene rings is 3. The molecule has 2 heterocycles. The van der Waals surface area contributed by atoms with Crippen molar-refractivity contribution in [2.24, 2.45) is 0 Å². The van der Waals surface area contributed by atoms with E-state index in [-0.39, 0.29) is 52.0 Å². The molecular weight excluding hydrogens is 575 g/mol. The molecule has 0 N–H and O–H groups in total. The third-order valence-corrected chi connectivity index (χ3v) is 8.52. The van der Waals surface area contributed by atoms with Gasteiger partial charge in [0.1, 0.15) is 17.5 Å². The average molecular weight is 601 g/mol. The summed E-state index contributed by atoms with van der Waals surface area (Å²) in [5.41, 5.74) is 0.195. The van der Waals surface area contributed by atoms with Crippen molar-refractivity contribution in [3.05, 3.63) is 88.2 Å². The largest absolute Gasteiger partial charge is 0.483 e. The molecule has 0 aromatic heterocycles. The zero-order valence-corrected chi connectivity index (χ0v) is 24.0. The molecule has 3 aromatic rings. The van der Waals surface area contributed by atoms with Gasteiger partial charge in [0.25, 0.3) is 21.8 Å². The number of rotatable bonds is 6. The quantitative estimate of drug-likeness (QED) is 0.300. The monoisotopic (exact) mass is 600 g/mol. The highest BCUT2D eigenvalue weighted by Crippen LogP contribution is 2.43. The van der Waals surface area contributed by atoms with Crippen LogP contribution < -0.4 is 9.04 Å². The molecule has 0 unspecified atom stereocenters. The molecule has 0 aliphatic carbocycles. The second-order valence-electron chi connectivity index (χ2n) is 10.7. The Hall–Kier alpha value is -3.96.